The zero-order valence-corrected chi connectivity index (χ0v) is 21.1. The molecule has 3 unspecified atom stereocenters. The number of carbonyl (C=O) groups is 3. The number of fused-ring (bicyclic) bond motifs is 1. The molecule has 0 aromatic heterocycles. The van der Waals surface area contributed by atoms with Crippen molar-refractivity contribution in [3.05, 3.63) is 12.7 Å². The van der Waals surface area contributed by atoms with E-state index in [0.717, 1.165) is 0 Å². The molecule has 32 heavy (non-hydrogen) atoms. The van der Waals surface area contributed by atoms with E-state index in [1.165, 1.54) is 4.90 Å². The van der Waals surface area contributed by atoms with Crippen molar-refractivity contribution in [2.45, 2.75) is 75.7 Å². The Kier molecular flexibility index (Phi) is 7.42. The predicted octanol–water partition coefficient (Wildman–Crippen LogP) is 1.74. The lowest BCUT2D eigenvalue weighted by Crippen LogP contribution is -2.60. The smallest absolute Gasteiger partial charge is 0.312 e. The van der Waals surface area contributed by atoms with E-state index in [2.05, 4.69) is 22.5 Å². The molecule has 180 valence electrons. The molecule has 0 aromatic rings. The lowest BCUT2D eigenvalue weighted by molar-refractivity contribution is -0.157. The minimum absolute atomic E-state index is 0.0978. The monoisotopic (exact) mass is 514 g/mol. The van der Waals surface area contributed by atoms with Crippen LogP contribution in [0.4, 0.5) is 0 Å². The molecule has 1 spiro atoms. The number of rotatable bonds is 9. The third kappa shape index (κ3) is 3.70. The average Bonchev–Trinajstić information content (AvgIpc) is 3.30. The summed E-state index contributed by atoms with van der Waals surface area (Å²) in [6.45, 7) is 13.3. The summed E-state index contributed by atoms with van der Waals surface area (Å²) in [6, 6.07) is -1.64. The second kappa shape index (κ2) is 9.43. The summed E-state index contributed by atoms with van der Waals surface area (Å²) in [7, 11) is 0. The van der Waals surface area contributed by atoms with Crippen LogP contribution in [0, 0.1) is 17.8 Å². The highest BCUT2D eigenvalue weighted by Crippen LogP contribution is 2.61. The lowest BCUT2D eigenvalue weighted by Gasteiger charge is -2.41. The molecule has 3 heterocycles. The first-order valence-electron chi connectivity index (χ1n) is 11.4. The first-order valence-corrected chi connectivity index (χ1v) is 12.3. The van der Waals surface area contributed by atoms with Crippen molar-refractivity contribution in [2.24, 2.45) is 17.8 Å². The Bertz CT molecular complexity index is 774. The van der Waals surface area contributed by atoms with E-state index in [0.29, 0.717) is 13.0 Å². The van der Waals surface area contributed by atoms with Crippen LogP contribution >= 0.6 is 15.9 Å². The van der Waals surface area contributed by atoms with Gasteiger partial charge < -0.3 is 24.4 Å². The molecule has 2 amide bonds. The van der Waals surface area contributed by atoms with E-state index in [9.17, 15) is 19.5 Å². The van der Waals surface area contributed by atoms with Gasteiger partial charge in [-0.1, -0.05) is 35.9 Å². The Hall–Kier alpha value is -1.45. The highest BCUT2D eigenvalue weighted by atomic mass is 79.9. The molecule has 3 saturated heterocycles. The van der Waals surface area contributed by atoms with Gasteiger partial charge in [0.2, 0.25) is 11.8 Å². The number of ether oxygens (including phenoxy) is 2. The Morgan fingerprint density at radius 1 is 1.41 bits per heavy atom. The van der Waals surface area contributed by atoms with Gasteiger partial charge in [-0.25, -0.2) is 0 Å². The fraction of sp³-hybridized carbons (Fsp3) is 0.783. The van der Waals surface area contributed by atoms with Gasteiger partial charge in [0.05, 0.1) is 37.2 Å². The molecule has 3 rings (SSSR count). The van der Waals surface area contributed by atoms with Gasteiger partial charge in [0.15, 0.2) is 0 Å². The highest BCUT2D eigenvalue weighted by molar-refractivity contribution is 9.09. The normalized spacial score (nSPS) is 34.2. The molecule has 0 radical (unpaired) electrons. The molecule has 3 aliphatic heterocycles. The number of halogens is 1. The second-order valence-corrected chi connectivity index (χ2v) is 10.7. The van der Waals surface area contributed by atoms with E-state index < -0.39 is 41.6 Å². The predicted molar refractivity (Wildman–Crippen MR) is 122 cm³/mol. The molecule has 3 aliphatic rings. The summed E-state index contributed by atoms with van der Waals surface area (Å²) in [5.74, 6) is -2.76. The minimum atomic E-state index is -1.15. The summed E-state index contributed by atoms with van der Waals surface area (Å²) < 4.78 is 11.7. The van der Waals surface area contributed by atoms with E-state index in [-0.39, 0.29) is 41.8 Å². The Morgan fingerprint density at radius 3 is 2.56 bits per heavy atom. The largest absolute Gasteiger partial charge is 0.466 e. The first-order chi connectivity index (χ1) is 15.1. The number of amides is 2. The average molecular weight is 515 g/mol. The third-order valence-corrected chi connectivity index (χ3v) is 7.91. The van der Waals surface area contributed by atoms with Crippen molar-refractivity contribution in [3.8, 4) is 0 Å². The molecule has 7 atom stereocenters. The Balaban J connectivity index is 2.15. The molecule has 9 heteroatoms. The number of alkyl halides is 1. The van der Waals surface area contributed by atoms with Crippen molar-refractivity contribution >= 4 is 33.7 Å². The SMILES string of the molecule is C=CCN(C(=O)C1N([C@@H](CO)C(C)C)C(=O)[C@@H]2[C@@H](C(=O)OCC)[C@@H]3OC12CC3Br)C(C)C. The summed E-state index contributed by atoms with van der Waals surface area (Å²) in [5.41, 5.74) is -1.15. The van der Waals surface area contributed by atoms with Crippen molar-refractivity contribution in [3.63, 3.8) is 0 Å². The number of esters is 1. The van der Waals surface area contributed by atoms with Crippen LogP contribution in [-0.4, -0.2) is 87.1 Å². The summed E-state index contributed by atoms with van der Waals surface area (Å²) in [5, 5.41) is 10.2. The fourth-order valence-corrected chi connectivity index (χ4v) is 6.63. The van der Waals surface area contributed by atoms with Crippen molar-refractivity contribution in [2.75, 3.05) is 19.8 Å². The zero-order valence-electron chi connectivity index (χ0n) is 19.5. The standard InChI is InChI=1S/C23H35BrN2O6/c1-7-9-25(13(5)6)21(29)19-23-10-14(24)18(32-23)16(22(30)31-8-2)17(23)20(28)26(19)15(11-27)12(3)4/h7,12-19,27H,1,8-11H2,2-6H3/t14?,15-,16+,17-,18+,19?,23?/m0/s1. The third-order valence-electron chi connectivity index (χ3n) is 7.07. The van der Waals surface area contributed by atoms with Gasteiger partial charge in [-0.15, -0.1) is 6.58 Å². The highest BCUT2D eigenvalue weighted by Gasteiger charge is 2.77. The van der Waals surface area contributed by atoms with Gasteiger partial charge in [0.1, 0.15) is 11.6 Å². The van der Waals surface area contributed by atoms with Crippen LogP contribution in [0.3, 0.4) is 0 Å². The van der Waals surface area contributed by atoms with E-state index in [1.54, 1.807) is 17.9 Å². The van der Waals surface area contributed by atoms with E-state index >= 15 is 0 Å². The Morgan fingerprint density at radius 2 is 2.06 bits per heavy atom. The van der Waals surface area contributed by atoms with Crippen LogP contribution < -0.4 is 0 Å². The first kappa shape index (κ1) is 25.2. The van der Waals surface area contributed by atoms with Crippen LogP contribution in [0.1, 0.15) is 41.0 Å². The Labute approximate surface area is 198 Å². The molecule has 1 N–H and O–H groups in total. The fourth-order valence-electron chi connectivity index (χ4n) is 5.68. The van der Waals surface area contributed by atoms with Gasteiger partial charge >= 0.3 is 5.97 Å². The lowest BCUT2D eigenvalue weighted by atomic mass is 9.70. The van der Waals surface area contributed by atoms with Gasteiger partial charge in [-0.3, -0.25) is 14.4 Å². The number of hydrogen-bond acceptors (Lipinski definition) is 6. The number of likely N-dealkylation sites (tertiary alicyclic amines) is 1. The number of aliphatic hydroxyl groups excluding tert-OH is 1. The maximum atomic E-state index is 14.0. The van der Waals surface area contributed by atoms with Gasteiger partial charge in [0.25, 0.3) is 0 Å². The maximum absolute atomic E-state index is 14.0. The summed E-state index contributed by atoms with van der Waals surface area (Å²) in [6.07, 6.45) is 1.54. The molecular formula is C23H35BrN2O6. The van der Waals surface area contributed by atoms with E-state index in [4.69, 9.17) is 9.47 Å². The molecule has 8 nitrogen and oxygen atoms in total. The van der Waals surface area contributed by atoms with Crippen LogP contribution in [0.25, 0.3) is 0 Å². The number of aliphatic hydroxyl groups is 1. The van der Waals surface area contributed by atoms with Crippen LogP contribution in [-0.2, 0) is 23.9 Å². The molecule has 3 fully saturated rings. The second-order valence-electron chi connectivity index (χ2n) is 9.53. The van der Waals surface area contributed by atoms with Gasteiger partial charge in [0, 0.05) is 17.4 Å². The topological polar surface area (TPSA) is 96.4 Å². The quantitative estimate of drug-likeness (QED) is 0.286. The van der Waals surface area contributed by atoms with Crippen LogP contribution in [0.15, 0.2) is 12.7 Å². The number of hydrogen-bond donors (Lipinski definition) is 1. The summed E-state index contributed by atoms with van der Waals surface area (Å²) >= 11 is 3.63. The molecular weight excluding hydrogens is 480 g/mol. The van der Waals surface area contributed by atoms with Crippen molar-refractivity contribution in [1.29, 1.82) is 0 Å². The molecule has 0 aromatic carbocycles. The van der Waals surface area contributed by atoms with Crippen LogP contribution in [0.2, 0.25) is 0 Å². The summed E-state index contributed by atoms with van der Waals surface area (Å²) in [4.78, 5) is 43.8. The van der Waals surface area contributed by atoms with Gasteiger partial charge in [-0.05, 0) is 33.1 Å². The number of nitrogens with zero attached hydrogens (tertiary/aromatic N) is 2. The molecule has 0 saturated carbocycles. The minimum Gasteiger partial charge on any atom is -0.466 e. The van der Waals surface area contributed by atoms with E-state index in [1.807, 2.05) is 27.7 Å². The maximum Gasteiger partial charge on any atom is 0.312 e. The van der Waals surface area contributed by atoms with Crippen LogP contribution in [0.5, 0.6) is 0 Å². The molecule has 2 bridgehead atoms. The van der Waals surface area contributed by atoms with Gasteiger partial charge in [-0.2, -0.15) is 0 Å². The molecule has 0 aliphatic carbocycles. The van der Waals surface area contributed by atoms with Crippen molar-refractivity contribution in [1.82, 2.24) is 9.80 Å². The number of carbonyl (C=O) groups excluding carboxylic acids is 3. The van der Waals surface area contributed by atoms with Crippen molar-refractivity contribution < 1.29 is 29.0 Å². The zero-order chi connectivity index (χ0) is 24.0.